The van der Waals surface area contributed by atoms with Gasteiger partial charge in [-0.1, -0.05) is 0 Å². The average Bonchev–Trinajstić information content (AvgIpc) is 2.96. The number of aryl methyl sites for hydroxylation is 1. The number of ether oxygens (including phenoxy) is 1. The van der Waals surface area contributed by atoms with Crippen molar-refractivity contribution in [1.82, 2.24) is 0 Å². The number of hydrogen-bond acceptors (Lipinski definition) is 3. The molecule has 0 aliphatic heterocycles. The van der Waals surface area contributed by atoms with Crippen LogP contribution < -0.4 is 10.5 Å². The van der Waals surface area contributed by atoms with E-state index in [0.29, 0.717) is 5.56 Å². The van der Waals surface area contributed by atoms with Crippen LogP contribution in [0.15, 0.2) is 18.2 Å². The zero-order valence-corrected chi connectivity index (χ0v) is 9.04. The lowest BCUT2D eigenvalue weighted by molar-refractivity contribution is 0.0949. The smallest absolute Gasteiger partial charge is 0.182 e. The van der Waals surface area contributed by atoms with Crippen LogP contribution in [0.4, 0.5) is 0 Å². The van der Waals surface area contributed by atoms with Crippen LogP contribution in [0.1, 0.15) is 28.8 Å². The number of methoxy groups -OCH3 is 1. The van der Waals surface area contributed by atoms with Crippen molar-refractivity contribution in [2.24, 2.45) is 5.73 Å². The molecule has 1 aliphatic rings. The van der Waals surface area contributed by atoms with E-state index in [1.54, 1.807) is 13.2 Å². The first-order chi connectivity index (χ1) is 7.07. The van der Waals surface area contributed by atoms with Gasteiger partial charge in [0.1, 0.15) is 5.75 Å². The molecular formula is C12H15NO2. The van der Waals surface area contributed by atoms with Crippen molar-refractivity contribution in [3.8, 4) is 5.75 Å². The van der Waals surface area contributed by atoms with Gasteiger partial charge in [-0.25, -0.2) is 0 Å². The zero-order chi connectivity index (χ0) is 11.1. The fraction of sp³-hybridized carbons (Fsp3) is 0.417. The van der Waals surface area contributed by atoms with Crippen molar-refractivity contribution in [2.45, 2.75) is 25.3 Å². The number of carbonyl (C=O) groups excluding carboxylic acids is 1. The van der Waals surface area contributed by atoms with Crippen molar-refractivity contribution in [3.63, 3.8) is 0 Å². The fourth-order valence-electron chi connectivity index (χ4n) is 1.67. The summed E-state index contributed by atoms with van der Waals surface area (Å²) in [6.07, 6.45) is 1.60. The molecule has 0 atom stereocenters. The Labute approximate surface area is 89.2 Å². The Bertz CT molecular complexity index is 408. The standard InChI is InChI=1S/C12H15NO2/c1-8-7-9(3-4-10(8)15-2)11(14)12(13)5-6-12/h3-4,7H,5-6,13H2,1-2H3. The Balaban J connectivity index is 2.30. The molecule has 3 heteroatoms. The summed E-state index contributed by atoms with van der Waals surface area (Å²) >= 11 is 0. The Morgan fingerprint density at radius 2 is 2.13 bits per heavy atom. The second-order valence-corrected chi connectivity index (χ2v) is 4.17. The van der Waals surface area contributed by atoms with Gasteiger partial charge in [0.2, 0.25) is 0 Å². The van der Waals surface area contributed by atoms with Crippen LogP contribution in [0.5, 0.6) is 5.75 Å². The molecule has 0 radical (unpaired) electrons. The molecule has 0 amide bonds. The molecule has 2 N–H and O–H groups in total. The summed E-state index contributed by atoms with van der Waals surface area (Å²) in [4.78, 5) is 11.9. The fourth-order valence-corrected chi connectivity index (χ4v) is 1.67. The second-order valence-electron chi connectivity index (χ2n) is 4.17. The third-order valence-corrected chi connectivity index (χ3v) is 2.90. The van der Waals surface area contributed by atoms with Gasteiger partial charge in [0.05, 0.1) is 12.6 Å². The van der Waals surface area contributed by atoms with Crippen LogP contribution in [-0.2, 0) is 0 Å². The highest BCUT2D eigenvalue weighted by molar-refractivity contribution is 6.05. The third kappa shape index (κ3) is 1.75. The van der Waals surface area contributed by atoms with E-state index in [-0.39, 0.29) is 5.78 Å². The van der Waals surface area contributed by atoms with Crippen molar-refractivity contribution in [2.75, 3.05) is 7.11 Å². The lowest BCUT2D eigenvalue weighted by Crippen LogP contribution is -2.32. The molecule has 15 heavy (non-hydrogen) atoms. The van der Waals surface area contributed by atoms with Crippen molar-refractivity contribution in [3.05, 3.63) is 29.3 Å². The summed E-state index contributed by atoms with van der Waals surface area (Å²) in [7, 11) is 1.62. The van der Waals surface area contributed by atoms with Crippen molar-refractivity contribution >= 4 is 5.78 Å². The predicted molar refractivity (Wildman–Crippen MR) is 58.2 cm³/mol. The summed E-state index contributed by atoms with van der Waals surface area (Å²) < 4.78 is 5.14. The minimum Gasteiger partial charge on any atom is -0.496 e. The molecule has 1 saturated carbocycles. The molecule has 0 spiro atoms. The number of nitrogens with two attached hydrogens (primary N) is 1. The maximum atomic E-state index is 11.9. The number of hydrogen-bond donors (Lipinski definition) is 1. The summed E-state index contributed by atoms with van der Waals surface area (Å²) in [6.45, 7) is 1.92. The Kier molecular flexibility index (Phi) is 2.27. The molecule has 0 unspecified atom stereocenters. The molecule has 0 heterocycles. The first-order valence-electron chi connectivity index (χ1n) is 5.05. The van der Waals surface area contributed by atoms with Gasteiger partial charge in [0.25, 0.3) is 0 Å². The average molecular weight is 205 g/mol. The van der Waals surface area contributed by atoms with E-state index >= 15 is 0 Å². The molecule has 1 fully saturated rings. The van der Waals surface area contributed by atoms with Gasteiger partial charge in [-0.2, -0.15) is 0 Å². The molecule has 2 rings (SSSR count). The normalized spacial score (nSPS) is 17.3. The highest BCUT2D eigenvalue weighted by atomic mass is 16.5. The van der Waals surface area contributed by atoms with E-state index in [4.69, 9.17) is 10.5 Å². The van der Waals surface area contributed by atoms with Gasteiger partial charge in [-0.3, -0.25) is 4.79 Å². The van der Waals surface area contributed by atoms with Crippen molar-refractivity contribution < 1.29 is 9.53 Å². The van der Waals surface area contributed by atoms with E-state index in [9.17, 15) is 4.79 Å². The summed E-state index contributed by atoms with van der Waals surface area (Å²) in [5.41, 5.74) is 6.93. The Morgan fingerprint density at radius 1 is 1.47 bits per heavy atom. The van der Waals surface area contributed by atoms with Gasteiger partial charge in [-0.15, -0.1) is 0 Å². The van der Waals surface area contributed by atoms with E-state index in [1.165, 1.54) is 0 Å². The van der Waals surface area contributed by atoms with Crippen LogP contribution in [0.3, 0.4) is 0 Å². The van der Waals surface area contributed by atoms with Crippen molar-refractivity contribution in [1.29, 1.82) is 0 Å². The van der Waals surface area contributed by atoms with Crippen LogP contribution in [0.2, 0.25) is 0 Å². The lowest BCUT2D eigenvalue weighted by Gasteiger charge is -2.10. The molecule has 1 aliphatic carbocycles. The molecule has 0 aromatic heterocycles. The number of rotatable bonds is 3. The van der Waals surface area contributed by atoms with Gasteiger partial charge in [0, 0.05) is 5.56 Å². The van der Waals surface area contributed by atoms with E-state index in [2.05, 4.69) is 0 Å². The zero-order valence-electron chi connectivity index (χ0n) is 9.04. The quantitative estimate of drug-likeness (QED) is 0.764. The van der Waals surface area contributed by atoms with Gasteiger partial charge in [-0.05, 0) is 43.5 Å². The summed E-state index contributed by atoms with van der Waals surface area (Å²) in [6, 6.07) is 5.43. The Morgan fingerprint density at radius 3 is 2.60 bits per heavy atom. The summed E-state index contributed by atoms with van der Waals surface area (Å²) in [5.74, 6) is 0.849. The molecule has 80 valence electrons. The molecule has 0 bridgehead atoms. The number of benzene rings is 1. The van der Waals surface area contributed by atoms with Gasteiger partial charge in [0.15, 0.2) is 5.78 Å². The first-order valence-corrected chi connectivity index (χ1v) is 5.05. The van der Waals surface area contributed by atoms with Crippen LogP contribution in [-0.4, -0.2) is 18.4 Å². The maximum absolute atomic E-state index is 11.9. The largest absolute Gasteiger partial charge is 0.496 e. The number of carbonyl (C=O) groups is 1. The monoisotopic (exact) mass is 205 g/mol. The molecule has 0 saturated heterocycles. The van der Waals surface area contributed by atoms with Crippen LogP contribution in [0, 0.1) is 6.92 Å². The molecular weight excluding hydrogens is 190 g/mol. The minimum atomic E-state index is -0.582. The van der Waals surface area contributed by atoms with Crippen LogP contribution in [0.25, 0.3) is 0 Å². The molecule has 3 nitrogen and oxygen atoms in total. The highest BCUT2D eigenvalue weighted by Crippen LogP contribution is 2.36. The van der Waals surface area contributed by atoms with Crippen LogP contribution >= 0.6 is 0 Å². The SMILES string of the molecule is COc1ccc(C(=O)C2(N)CC2)cc1C. The van der Waals surface area contributed by atoms with E-state index < -0.39 is 5.54 Å². The second kappa shape index (κ2) is 3.35. The molecule has 1 aromatic rings. The van der Waals surface area contributed by atoms with E-state index in [0.717, 1.165) is 24.2 Å². The molecule has 1 aromatic carbocycles. The highest BCUT2D eigenvalue weighted by Gasteiger charge is 2.45. The van der Waals surface area contributed by atoms with Gasteiger partial charge < -0.3 is 10.5 Å². The number of ketones is 1. The first kappa shape index (κ1) is 10.2. The Hall–Kier alpha value is -1.35. The topological polar surface area (TPSA) is 52.3 Å². The summed E-state index contributed by atoms with van der Waals surface area (Å²) in [5, 5.41) is 0. The third-order valence-electron chi connectivity index (χ3n) is 2.90. The lowest BCUT2D eigenvalue weighted by atomic mass is 10.0. The minimum absolute atomic E-state index is 0.0493. The predicted octanol–water partition coefficient (Wildman–Crippen LogP) is 1.68. The number of Topliss-reactive ketones (excluding diaryl/α,β-unsaturated/α-hetero) is 1. The maximum Gasteiger partial charge on any atom is 0.182 e. The van der Waals surface area contributed by atoms with Gasteiger partial charge >= 0.3 is 0 Å². The van der Waals surface area contributed by atoms with E-state index in [1.807, 2.05) is 19.1 Å².